The molecule has 0 amide bonds. The zero-order valence-electron chi connectivity index (χ0n) is 16.5. The maximum atomic E-state index is 13.1. The fraction of sp³-hybridized carbons (Fsp3) is 0.609. The van der Waals surface area contributed by atoms with Crippen molar-refractivity contribution < 1.29 is 4.79 Å². The number of hydrogen-bond acceptors (Lipinski definition) is 1. The number of carbonyl (C=O) groups excluding carboxylic acids is 1. The first-order valence-electron chi connectivity index (χ1n) is 9.73. The van der Waals surface area contributed by atoms with E-state index in [1.807, 2.05) is 0 Å². The number of hydrogen-bond donors (Lipinski definition) is 0. The van der Waals surface area contributed by atoms with Gasteiger partial charge in [0.1, 0.15) is 0 Å². The van der Waals surface area contributed by atoms with Crippen LogP contribution in [-0.4, -0.2) is 20.7 Å². The number of allylic oxidation sites excluding steroid dienone is 2. The van der Waals surface area contributed by atoms with Gasteiger partial charge < -0.3 is 0 Å². The second-order valence-corrected chi connectivity index (χ2v) is 11.1. The molecule has 0 heterocycles. The van der Waals surface area contributed by atoms with E-state index < -0.39 is 0 Å². The Morgan fingerprint density at radius 1 is 1.20 bits per heavy atom. The van der Waals surface area contributed by atoms with Crippen molar-refractivity contribution in [1.29, 1.82) is 0 Å². The molecule has 1 nitrogen and oxygen atoms in total. The van der Waals surface area contributed by atoms with Crippen LogP contribution in [0.4, 0.5) is 0 Å². The van der Waals surface area contributed by atoms with Crippen LogP contribution in [0.1, 0.15) is 66.7 Å². The Morgan fingerprint density at radius 2 is 1.88 bits per heavy atom. The van der Waals surface area contributed by atoms with Crippen LogP contribution in [0.3, 0.4) is 0 Å². The summed E-state index contributed by atoms with van der Waals surface area (Å²) in [5, 5.41) is 0. The zero-order chi connectivity index (χ0) is 18.4. The molecular weight excluding hydrogens is 371 g/mol. The Kier molecular flexibility index (Phi) is 7.52. The van der Waals surface area contributed by atoms with Gasteiger partial charge in [-0.2, -0.15) is 0 Å². The van der Waals surface area contributed by atoms with E-state index in [-0.39, 0.29) is 11.3 Å². The predicted octanol–water partition coefficient (Wildman–Crippen LogP) is 5.58. The van der Waals surface area contributed by atoms with Gasteiger partial charge in [-0.1, -0.05) is 0 Å². The van der Waals surface area contributed by atoms with Gasteiger partial charge in [0.15, 0.2) is 0 Å². The van der Waals surface area contributed by atoms with Crippen molar-refractivity contribution in [2.24, 2.45) is 17.3 Å². The van der Waals surface area contributed by atoms with Crippen LogP contribution in [0.2, 0.25) is 4.82 Å². The van der Waals surface area contributed by atoms with Crippen LogP contribution in [-0.2, 0) is 4.79 Å². The summed E-state index contributed by atoms with van der Waals surface area (Å²) in [5.41, 5.74) is 1.70. The molecule has 1 aromatic carbocycles. The van der Waals surface area contributed by atoms with Gasteiger partial charge in [0.25, 0.3) is 0 Å². The molecule has 3 atom stereocenters. The normalized spacial score (nSPS) is 30.2. The molecule has 1 aromatic rings. The summed E-state index contributed by atoms with van der Waals surface area (Å²) < 4.78 is 1.42. The third kappa shape index (κ3) is 5.83. The van der Waals surface area contributed by atoms with Gasteiger partial charge >= 0.3 is 161 Å². The molecule has 0 unspecified atom stereocenters. The van der Waals surface area contributed by atoms with Crippen molar-refractivity contribution in [3.05, 3.63) is 42.0 Å². The van der Waals surface area contributed by atoms with Gasteiger partial charge in [-0.3, -0.25) is 0 Å². The second-order valence-electron chi connectivity index (χ2n) is 8.32. The van der Waals surface area contributed by atoms with Crippen molar-refractivity contribution in [3.63, 3.8) is 0 Å². The Balaban J connectivity index is 2.24. The molecule has 2 heteroatoms. The molecule has 138 valence electrons. The first-order valence-corrected chi connectivity index (χ1v) is 11.6. The molecule has 0 saturated heterocycles. The number of rotatable bonds is 3. The van der Waals surface area contributed by atoms with Gasteiger partial charge in [-0.05, 0) is 0 Å². The molecule has 2 rings (SSSR count). The third-order valence-corrected chi connectivity index (χ3v) is 9.07. The summed E-state index contributed by atoms with van der Waals surface area (Å²) in [6.45, 7) is 11.4. The molecule has 0 fully saturated rings. The predicted molar refractivity (Wildman–Crippen MR) is 110 cm³/mol. The standard InChI is InChI=1S/C23H34OSe/c1-6-19-16-21(24)18(3)22(25-20-10-8-7-9-11-20)13-12-17(2)14-15-23(19,4)5/h7-11,14,18-19,22H,6,12-13,15-16H2,1-5H3/b17-14+/t18-,19+,22-/m1/s1. The molecule has 0 aromatic heterocycles. The van der Waals surface area contributed by atoms with Gasteiger partial charge in [0.2, 0.25) is 0 Å². The van der Waals surface area contributed by atoms with Crippen molar-refractivity contribution >= 4 is 25.2 Å². The minimum atomic E-state index is 0.177. The molecular formula is C23H34OSe. The van der Waals surface area contributed by atoms with E-state index in [2.05, 4.69) is 71.0 Å². The van der Waals surface area contributed by atoms with E-state index in [0.29, 0.717) is 31.5 Å². The Morgan fingerprint density at radius 3 is 2.52 bits per heavy atom. The van der Waals surface area contributed by atoms with Crippen LogP contribution in [0.25, 0.3) is 0 Å². The van der Waals surface area contributed by atoms with Gasteiger partial charge in [-0.25, -0.2) is 0 Å². The first-order chi connectivity index (χ1) is 11.8. The van der Waals surface area contributed by atoms with Crippen LogP contribution in [0.15, 0.2) is 42.0 Å². The number of benzene rings is 1. The summed E-state index contributed by atoms with van der Waals surface area (Å²) >= 11 is 0.363. The van der Waals surface area contributed by atoms with Gasteiger partial charge in [0, 0.05) is 0 Å². The SMILES string of the molecule is CC[C@H]1CC(=O)[C@@H](C)[C@H]([Se]c2ccccc2)CC/C(C)=C/CC1(C)C. The zero-order valence-corrected chi connectivity index (χ0v) is 18.3. The van der Waals surface area contributed by atoms with Crippen molar-refractivity contribution in [1.82, 2.24) is 0 Å². The summed E-state index contributed by atoms with van der Waals surface area (Å²) in [6.07, 6.45) is 7.64. The topological polar surface area (TPSA) is 17.1 Å². The second kappa shape index (κ2) is 9.19. The van der Waals surface area contributed by atoms with Gasteiger partial charge in [0.05, 0.1) is 0 Å². The van der Waals surface area contributed by atoms with Crippen molar-refractivity contribution in [2.75, 3.05) is 0 Å². The monoisotopic (exact) mass is 406 g/mol. The Bertz CT molecular complexity index is 587. The molecule has 0 N–H and O–H groups in total. The van der Waals surface area contributed by atoms with Crippen LogP contribution < -0.4 is 4.46 Å². The van der Waals surface area contributed by atoms with Crippen LogP contribution in [0.5, 0.6) is 0 Å². The summed E-state index contributed by atoms with van der Waals surface area (Å²) in [5.74, 6) is 1.15. The maximum absolute atomic E-state index is 13.1. The van der Waals surface area contributed by atoms with Crippen LogP contribution in [0, 0.1) is 17.3 Å². The molecule has 0 aliphatic heterocycles. The van der Waals surface area contributed by atoms with E-state index in [4.69, 9.17) is 0 Å². The van der Waals surface area contributed by atoms with E-state index in [1.165, 1.54) is 10.0 Å². The quantitative estimate of drug-likeness (QED) is 0.474. The minimum absolute atomic E-state index is 0.177. The number of Topliss-reactive ketones (excluding diaryl/α,β-unsaturated/α-hetero) is 1. The molecule has 0 spiro atoms. The number of ketones is 1. The fourth-order valence-electron chi connectivity index (χ4n) is 3.77. The molecule has 25 heavy (non-hydrogen) atoms. The average Bonchev–Trinajstić information content (AvgIpc) is 2.61. The Labute approximate surface area is 160 Å². The fourth-order valence-corrected chi connectivity index (χ4v) is 6.40. The number of carbonyl (C=O) groups is 1. The van der Waals surface area contributed by atoms with Crippen LogP contribution >= 0.6 is 0 Å². The van der Waals surface area contributed by atoms with E-state index in [0.717, 1.165) is 32.1 Å². The summed E-state index contributed by atoms with van der Waals surface area (Å²) in [4.78, 5) is 13.6. The van der Waals surface area contributed by atoms with Crippen molar-refractivity contribution in [2.45, 2.75) is 71.5 Å². The van der Waals surface area contributed by atoms with Crippen molar-refractivity contribution in [3.8, 4) is 0 Å². The van der Waals surface area contributed by atoms with E-state index in [9.17, 15) is 4.79 Å². The van der Waals surface area contributed by atoms with Gasteiger partial charge in [-0.15, -0.1) is 0 Å². The summed E-state index contributed by atoms with van der Waals surface area (Å²) in [7, 11) is 0. The summed E-state index contributed by atoms with van der Waals surface area (Å²) in [6, 6.07) is 10.8. The molecule has 0 saturated carbocycles. The molecule has 1 aliphatic rings. The van der Waals surface area contributed by atoms with E-state index >= 15 is 0 Å². The first kappa shape index (κ1) is 20.5. The molecule has 0 radical (unpaired) electrons. The van der Waals surface area contributed by atoms with E-state index in [1.54, 1.807) is 0 Å². The third-order valence-electron chi connectivity index (χ3n) is 5.94. The Hall–Kier alpha value is -0.851. The molecule has 0 bridgehead atoms. The average molecular weight is 405 g/mol. The molecule has 1 aliphatic carbocycles.